The molecule has 90 valence electrons. The number of benzene rings is 1. The van der Waals surface area contributed by atoms with Gasteiger partial charge >= 0.3 is 0 Å². The van der Waals surface area contributed by atoms with Crippen LogP contribution in [-0.2, 0) is 11.2 Å². The quantitative estimate of drug-likeness (QED) is 0.738. The molecule has 3 rings (SSSR count). The fourth-order valence-corrected chi connectivity index (χ4v) is 2.63. The number of fused-ring (bicyclic) bond motifs is 1. The van der Waals surface area contributed by atoms with Gasteiger partial charge in [0.25, 0.3) is 0 Å². The molecule has 0 bridgehead atoms. The molecule has 1 aromatic carbocycles. The number of hydrogen-bond donors (Lipinski definition) is 2. The summed E-state index contributed by atoms with van der Waals surface area (Å²) in [5.41, 5.74) is 2.22. The van der Waals surface area contributed by atoms with Crippen molar-refractivity contribution in [2.75, 3.05) is 31.5 Å². The molecular weight excluding hydrogens is 214 g/mol. The Hall–Kier alpha value is -1.39. The van der Waals surface area contributed by atoms with Crippen LogP contribution in [0.25, 0.3) is 0 Å². The maximum absolute atomic E-state index is 12.1. The SMILES string of the molecule is O=C1Nc2ccccc2CC1N1CCNCC1. The summed E-state index contributed by atoms with van der Waals surface area (Å²) in [7, 11) is 0. The van der Waals surface area contributed by atoms with E-state index in [-0.39, 0.29) is 11.9 Å². The second kappa shape index (κ2) is 4.47. The highest BCUT2D eigenvalue weighted by Crippen LogP contribution is 2.24. The monoisotopic (exact) mass is 231 g/mol. The lowest BCUT2D eigenvalue weighted by Gasteiger charge is -2.36. The Morgan fingerprint density at radius 3 is 2.76 bits per heavy atom. The van der Waals surface area contributed by atoms with Crippen LogP contribution in [0.3, 0.4) is 0 Å². The molecule has 4 nitrogen and oxygen atoms in total. The summed E-state index contributed by atoms with van der Waals surface area (Å²) in [6.45, 7) is 3.87. The summed E-state index contributed by atoms with van der Waals surface area (Å²) < 4.78 is 0. The van der Waals surface area contributed by atoms with E-state index in [1.165, 1.54) is 5.56 Å². The number of rotatable bonds is 1. The number of nitrogens with zero attached hydrogens (tertiary/aromatic N) is 1. The average molecular weight is 231 g/mol. The number of anilines is 1. The van der Waals surface area contributed by atoms with Gasteiger partial charge in [0.2, 0.25) is 5.91 Å². The molecule has 4 heteroatoms. The van der Waals surface area contributed by atoms with Crippen molar-refractivity contribution in [1.82, 2.24) is 10.2 Å². The number of para-hydroxylation sites is 1. The minimum absolute atomic E-state index is 0.00648. The Labute approximate surface area is 101 Å². The highest BCUT2D eigenvalue weighted by Gasteiger charge is 2.31. The third-order valence-electron chi connectivity index (χ3n) is 3.58. The number of carbonyl (C=O) groups excluding carboxylic acids is 1. The van der Waals surface area contributed by atoms with Crippen LogP contribution in [0.1, 0.15) is 5.56 Å². The molecule has 2 aliphatic rings. The molecule has 1 fully saturated rings. The molecule has 1 amide bonds. The normalized spacial score (nSPS) is 25.2. The largest absolute Gasteiger partial charge is 0.324 e. The number of amides is 1. The molecule has 1 aromatic rings. The highest BCUT2D eigenvalue weighted by molar-refractivity contribution is 5.98. The molecule has 0 aliphatic carbocycles. The predicted octanol–water partition coefficient (Wildman–Crippen LogP) is 0.455. The van der Waals surface area contributed by atoms with E-state index in [9.17, 15) is 4.79 Å². The van der Waals surface area contributed by atoms with E-state index in [4.69, 9.17) is 0 Å². The van der Waals surface area contributed by atoms with E-state index in [2.05, 4.69) is 21.6 Å². The fraction of sp³-hybridized carbons (Fsp3) is 0.462. The van der Waals surface area contributed by atoms with Crippen molar-refractivity contribution in [3.63, 3.8) is 0 Å². The number of nitrogens with one attached hydrogen (secondary N) is 2. The maximum atomic E-state index is 12.1. The zero-order valence-electron chi connectivity index (χ0n) is 9.78. The minimum Gasteiger partial charge on any atom is -0.324 e. The molecule has 1 atom stereocenters. The van der Waals surface area contributed by atoms with Gasteiger partial charge in [-0.2, -0.15) is 0 Å². The molecule has 2 aliphatic heterocycles. The van der Waals surface area contributed by atoms with Crippen molar-refractivity contribution < 1.29 is 4.79 Å². The van der Waals surface area contributed by atoms with Crippen molar-refractivity contribution in [2.24, 2.45) is 0 Å². The first-order chi connectivity index (χ1) is 8.34. The Morgan fingerprint density at radius 2 is 1.94 bits per heavy atom. The lowest BCUT2D eigenvalue weighted by molar-refractivity contribution is -0.121. The van der Waals surface area contributed by atoms with Gasteiger partial charge in [0, 0.05) is 31.9 Å². The Kier molecular flexibility index (Phi) is 2.82. The van der Waals surface area contributed by atoms with Gasteiger partial charge in [-0.3, -0.25) is 9.69 Å². The molecule has 0 spiro atoms. The molecule has 17 heavy (non-hydrogen) atoms. The Morgan fingerprint density at radius 1 is 1.18 bits per heavy atom. The van der Waals surface area contributed by atoms with E-state index >= 15 is 0 Å². The number of hydrogen-bond acceptors (Lipinski definition) is 3. The van der Waals surface area contributed by atoms with E-state index in [0.29, 0.717) is 0 Å². The van der Waals surface area contributed by atoms with Crippen molar-refractivity contribution in [3.05, 3.63) is 29.8 Å². The number of carbonyl (C=O) groups is 1. The van der Waals surface area contributed by atoms with Gasteiger partial charge < -0.3 is 10.6 Å². The van der Waals surface area contributed by atoms with E-state index in [1.54, 1.807) is 0 Å². The molecule has 0 saturated carbocycles. The second-order valence-corrected chi connectivity index (χ2v) is 4.65. The summed E-state index contributed by atoms with van der Waals surface area (Å²) in [5.74, 6) is 0.144. The first-order valence-electron chi connectivity index (χ1n) is 6.18. The van der Waals surface area contributed by atoms with Crippen LogP contribution >= 0.6 is 0 Å². The van der Waals surface area contributed by atoms with Gasteiger partial charge in [-0.05, 0) is 18.1 Å². The zero-order chi connectivity index (χ0) is 11.7. The molecule has 0 aromatic heterocycles. The van der Waals surface area contributed by atoms with Crippen LogP contribution in [-0.4, -0.2) is 43.0 Å². The first kappa shape index (κ1) is 10.7. The van der Waals surface area contributed by atoms with Gasteiger partial charge in [-0.25, -0.2) is 0 Å². The van der Waals surface area contributed by atoms with Crippen LogP contribution in [0.2, 0.25) is 0 Å². The van der Waals surface area contributed by atoms with E-state index in [1.807, 2.05) is 18.2 Å². The van der Waals surface area contributed by atoms with Crippen molar-refractivity contribution in [3.8, 4) is 0 Å². The molecule has 2 N–H and O–H groups in total. The zero-order valence-corrected chi connectivity index (χ0v) is 9.78. The summed E-state index contributed by atoms with van der Waals surface area (Å²) in [4.78, 5) is 14.4. The molecule has 1 saturated heterocycles. The Bertz CT molecular complexity index is 426. The van der Waals surface area contributed by atoms with Crippen LogP contribution in [0.15, 0.2) is 24.3 Å². The summed E-state index contributed by atoms with van der Waals surface area (Å²) >= 11 is 0. The van der Waals surface area contributed by atoms with Crippen LogP contribution in [0.5, 0.6) is 0 Å². The maximum Gasteiger partial charge on any atom is 0.242 e. The first-order valence-corrected chi connectivity index (χ1v) is 6.18. The van der Waals surface area contributed by atoms with Gasteiger partial charge in [-0.15, -0.1) is 0 Å². The van der Waals surface area contributed by atoms with Crippen molar-refractivity contribution in [2.45, 2.75) is 12.5 Å². The van der Waals surface area contributed by atoms with Gasteiger partial charge in [0.05, 0.1) is 6.04 Å². The number of piperazine rings is 1. The highest BCUT2D eigenvalue weighted by atomic mass is 16.2. The lowest BCUT2D eigenvalue weighted by Crippen LogP contribution is -2.54. The standard InChI is InChI=1S/C13H17N3O/c17-13-12(16-7-5-14-6-8-16)9-10-3-1-2-4-11(10)15-13/h1-4,12,14H,5-9H2,(H,15,17). The second-order valence-electron chi connectivity index (χ2n) is 4.65. The van der Waals surface area contributed by atoms with Crippen LogP contribution in [0.4, 0.5) is 5.69 Å². The smallest absolute Gasteiger partial charge is 0.242 e. The average Bonchev–Trinajstić information content (AvgIpc) is 2.39. The van der Waals surface area contributed by atoms with Gasteiger partial charge in [-0.1, -0.05) is 18.2 Å². The predicted molar refractivity (Wildman–Crippen MR) is 67.0 cm³/mol. The molecule has 1 unspecified atom stereocenters. The molecule has 0 radical (unpaired) electrons. The molecule has 2 heterocycles. The van der Waals surface area contributed by atoms with Gasteiger partial charge in [0.15, 0.2) is 0 Å². The van der Waals surface area contributed by atoms with E-state index < -0.39 is 0 Å². The lowest BCUT2D eigenvalue weighted by atomic mass is 9.97. The fourth-order valence-electron chi connectivity index (χ4n) is 2.63. The Balaban J connectivity index is 1.81. The topological polar surface area (TPSA) is 44.4 Å². The summed E-state index contributed by atoms with van der Waals surface area (Å²) in [6.07, 6.45) is 0.835. The summed E-state index contributed by atoms with van der Waals surface area (Å²) in [5, 5.41) is 6.32. The van der Waals surface area contributed by atoms with Crippen molar-refractivity contribution in [1.29, 1.82) is 0 Å². The van der Waals surface area contributed by atoms with Crippen molar-refractivity contribution >= 4 is 11.6 Å². The molecular formula is C13H17N3O. The van der Waals surface area contributed by atoms with E-state index in [0.717, 1.165) is 38.3 Å². The third kappa shape index (κ3) is 2.06. The van der Waals surface area contributed by atoms with Crippen LogP contribution in [0, 0.1) is 0 Å². The third-order valence-corrected chi connectivity index (χ3v) is 3.58. The van der Waals surface area contributed by atoms with Crippen LogP contribution < -0.4 is 10.6 Å². The van der Waals surface area contributed by atoms with Gasteiger partial charge in [0.1, 0.15) is 0 Å². The summed E-state index contributed by atoms with van der Waals surface area (Å²) in [6, 6.07) is 8.08. The minimum atomic E-state index is 0.00648.